The molecule has 0 unspecified atom stereocenters. The summed E-state index contributed by atoms with van der Waals surface area (Å²) in [7, 11) is -2.15. The average molecular weight is 538 g/mol. The molecule has 36 heavy (non-hydrogen) atoms. The van der Waals surface area contributed by atoms with Gasteiger partial charge in [-0.25, -0.2) is 8.42 Å². The third kappa shape index (κ3) is 8.71. The van der Waals surface area contributed by atoms with Gasteiger partial charge in [-0.15, -0.1) is 0 Å². The minimum atomic E-state index is -3.62. The number of hydrogen-bond acceptors (Lipinski definition) is 5. The van der Waals surface area contributed by atoms with E-state index in [1.165, 1.54) is 16.3 Å². The molecule has 0 aliphatic carbocycles. The van der Waals surface area contributed by atoms with Crippen LogP contribution < -0.4 is 14.4 Å². The third-order valence-corrected chi connectivity index (χ3v) is 6.83. The number of sulfonamides is 1. The van der Waals surface area contributed by atoms with Crippen LogP contribution in [0.3, 0.4) is 0 Å². The first-order valence-corrected chi connectivity index (χ1v) is 13.9. The maximum Gasteiger partial charge on any atom is 0.242 e. The summed E-state index contributed by atoms with van der Waals surface area (Å²) in [5.41, 5.74) is 0.739. The number of carbonyl (C=O) groups is 2. The van der Waals surface area contributed by atoms with Gasteiger partial charge in [0.05, 0.1) is 19.1 Å². The highest BCUT2D eigenvalue weighted by Gasteiger charge is 2.29. The first-order chi connectivity index (χ1) is 16.7. The van der Waals surface area contributed by atoms with Crippen LogP contribution in [-0.2, 0) is 26.2 Å². The van der Waals surface area contributed by atoms with Crippen molar-refractivity contribution < 1.29 is 22.7 Å². The summed E-state index contributed by atoms with van der Waals surface area (Å²) in [6.07, 6.45) is 1.42. The summed E-state index contributed by atoms with van der Waals surface area (Å²) < 4.78 is 31.6. The molecule has 2 rings (SSSR count). The highest BCUT2D eigenvalue weighted by Crippen LogP contribution is 2.29. The van der Waals surface area contributed by atoms with E-state index >= 15 is 0 Å². The molecule has 0 saturated heterocycles. The van der Waals surface area contributed by atoms with Crippen molar-refractivity contribution in [2.24, 2.45) is 0 Å². The molecule has 0 fully saturated rings. The van der Waals surface area contributed by atoms with Crippen molar-refractivity contribution in [2.75, 3.05) is 24.2 Å². The number of hydrogen-bond donors (Lipinski definition) is 1. The molecule has 0 spiro atoms. The maximum atomic E-state index is 13.4. The molecule has 0 aromatic heterocycles. The Balaban J connectivity index is 2.22. The predicted octanol–water partition coefficient (Wildman–Crippen LogP) is 4.23. The lowest BCUT2D eigenvalue weighted by Crippen LogP contribution is -2.52. The largest absolute Gasteiger partial charge is 0.495 e. The number of rotatable bonds is 11. The summed E-state index contributed by atoms with van der Waals surface area (Å²) >= 11 is 6.13. The van der Waals surface area contributed by atoms with Crippen molar-refractivity contribution in [3.05, 3.63) is 59.1 Å². The van der Waals surface area contributed by atoms with Gasteiger partial charge in [0.2, 0.25) is 21.8 Å². The van der Waals surface area contributed by atoms with Crippen molar-refractivity contribution in [3.8, 4) is 5.75 Å². The van der Waals surface area contributed by atoms with E-state index in [0.717, 1.165) is 11.8 Å². The van der Waals surface area contributed by atoms with Crippen molar-refractivity contribution in [1.29, 1.82) is 0 Å². The fraction of sp³-hybridized carbons (Fsp3) is 0.462. The summed E-state index contributed by atoms with van der Waals surface area (Å²) in [5.74, 6) is -0.117. The van der Waals surface area contributed by atoms with Crippen LogP contribution in [0.1, 0.15) is 46.1 Å². The SMILES string of the molecule is COc1ccccc1N(CCCC(=O)N(Cc1cccc(Cl)c1)[C@H](C)C(=O)NC(C)(C)C)S(C)(=O)=O. The minimum absolute atomic E-state index is 0.0505. The van der Waals surface area contributed by atoms with E-state index < -0.39 is 21.6 Å². The molecule has 8 nitrogen and oxygen atoms in total. The van der Waals surface area contributed by atoms with Crippen LogP contribution in [0.25, 0.3) is 0 Å². The first kappa shape index (κ1) is 29.5. The molecule has 0 radical (unpaired) electrons. The van der Waals surface area contributed by atoms with Crippen LogP contribution in [0, 0.1) is 0 Å². The van der Waals surface area contributed by atoms with Gasteiger partial charge >= 0.3 is 0 Å². The van der Waals surface area contributed by atoms with Crippen LogP contribution >= 0.6 is 11.6 Å². The smallest absolute Gasteiger partial charge is 0.242 e. The van der Waals surface area contributed by atoms with E-state index in [2.05, 4.69) is 5.32 Å². The molecule has 2 aromatic rings. The number of nitrogens with zero attached hydrogens (tertiary/aromatic N) is 2. The van der Waals surface area contributed by atoms with Crippen molar-refractivity contribution in [3.63, 3.8) is 0 Å². The molecule has 0 aliphatic rings. The lowest BCUT2D eigenvalue weighted by atomic mass is 10.1. The van der Waals surface area contributed by atoms with Gasteiger partial charge in [-0.05, 0) is 63.9 Å². The number of anilines is 1. The number of methoxy groups -OCH3 is 1. The van der Waals surface area contributed by atoms with E-state index in [0.29, 0.717) is 16.5 Å². The monoisotopic (exact) mass is 537 g/mol. The molecule has 1 N–H and O–H groups in total. The zero-order valence-corrected chi connectivity index (χ0v) is 23.3. The number of amides is 2. The highest BCUT2D eigenvalue weighted by molar-refractivity contribution is 7.92. The Hall–Kier alpha value is -2.78. The summed E-state index contributed by atoms with van der Waals surface area (Å²) in [4.78, 5) is 27.8. The first-order valence-electron chi connectivity index (χ1n) is 11.7. The molecule has 0 bridgehead atoms. The lowest BCUT2D eigenvalue weighted by molar-refractivity contribution is -0.141. The summed E-state index contributed by atoms with van der Waals surface area (Å²) in [5, 5.41) is 3.45. The summed E-state index contributed by atoms with van der Waals surface area (Å²) in [6, 6.07) is 13.2. The Kier molecular flexibility index (Phi) is 10.2. The van der Waals surface area contributed by atoms with E-state index in [-0.39, 0.29) is 37.7 Å². The van der Waals surface area contributed by atoms with Gasteiger partial charge in [0.15, 0.2) is 0 Å². The summed E-state index contributed by atoms with van der Waals surface area (Å²) in [6.45, 7) is 7.58. The average Bonchev–Trinajstić information content (AvgIpc) is 2.78. The van der Waals surface area contributed by atoms with Crippen LogP contribution in [-0.4, -0.2) is 56.6 Å². The van der Waals surface area contributed by atoms with Crippen molar-refractivity contribution in [1.82, 2.24) is 10.2 Å². The molecule has 0 heterocycles. The van der Waals surface area contributed by atoms with Gasteiger partial charge in [-0.2, -0.15) is 0 Å². The van der Waals surface area contributed by atoms with Crippen LogP contribution in [0.2, 0.25) is 5.02 Å². The van der Waals surface area contributed by atoms with Gasteiger partial charge in [0.1, 0.15) is 11.8 Å². The highest BCUT2D eigenvalue weighted by atomic mass is 35.5. The maximum absolute atomic E-state index is 13.4. The van der Waals surface area contributed by atoms with Gasteiger partial charge in [-0.3, -0.25) is 13.9 Å². The van der Waals surface area contributed by atoms with E-state index in [4.69, 9.17) is 16.3 Å². The van der Waals surface area contributed by atoms with E-state index in [1.54, 1.807) is 49.4 Å². The molecular weight excluding hydrogens is 502 g/mol. The normalized spacial score (nSPS) is 12.5. The fourth-order valence-corrected chi connectivity index (χ4v) is 4.89. The second-order valence-corrected chi connectivity index (χ2v) is 12.0. The van der Waals surface area contributed by atoms with Crippen LogP contribution in [0.15, 0.2) is 48.5 Å². The number of nitrogens with one attached hydrogen (secondary N) is 1. The Morgan fingerprint density at radius 1 is 1.11 bits per heavy atom. The number of halogens is 1. The Morgan fingerprint density at radius 2 is 1.78 bits per heavy atom. The van der Waals surface area contributed by atoms with Gasteiger partial charge < -0.3 is 15.0 Å². The Labute approximate surface area is 219 Å². The van der Waals surface area contributed by atoms with Gasteiger partial charge in [-0.1, -0.05) is 35.9 Å². The number of carbonyl (C=O) groups excluding carboxylic acids is 2. The second-order valence-electron chi connectivity index (χ2n) is 9.68. The van der Waals surface area contributed by atoms with Gasteiger partial charge in [0.25, 0.3) is 0 Å². The zero-order chi connectivity index (χ0) is 27.1. The molecule has 0 saturated carbocycles. The molecule has 2 aromatic carbocycles. The van der Waals surface area contributed by atoms with Gasteiger partial charge in [0, 0.05) is 30.1 Å². The molecule has 10 heteroatoms. The molecular formula is C26H36ClN3O5S. The molecule has 1 atom stereocenters. The molecule has 198 valence electrons. The second kappa shape index (κ2) is 12.5. The number of benzene rings is 2. The predicted molar refractivity (Wildman–Crippen MR) is 144 cm³/mol. The number of ether oxygens (including phenoxy) is 1. The fourth-order valence-electron chi connectivity index (χ4n) is 3.71. The quantitative estimate of drug-likeness (QED) is 0.463. The number of para-hydroxylation sites is 2. The van der Waals surface area contributed by atoms with Crippen molar-refractivity contribution in [2.45, 2.75) is 58.7 Å². The Morgan fingerprint density at radius 3 is 2.36 bits per heavy atom. The topological polar surface area (TPSA) is 96.0 Å². The molecule has 2 amide bonds. The third-order valence-electron chi connectivity index (χ3n) is 5.41. The zero-order valence-electron chi connectivity index (χ0n) is 21.7. The van der Waals surface area contributed by atoms with Crippen molar-refractivity contribution >= 4 is 39.1 Å². The van der Waals surface area contributed by atoms with Crippen LogP contribution in [0.4, 0.5) is 5.69 Å². The minimum Gasteiger partial charge on any atom is -0.495 e. The van der Waals surface area contributed by atoms with E-state index in [1.807, 2.05) is 26.8 Å². The molecule has 0 aliphatic heterocycles. The Bertz CT molecular complexity index is 1160. The lowest BCUT2D eigenvalue weighted by Gasteiger charge is -2.32. The van der Waals surface area contributed by atoms with E-state index in [9.17, 15) is 18.0 Å². The standard InChI is InChI=1S/C26H36ClN3O5S/c1-19(25(32)28-26(2,3)4)29(18-20-11-9-12-21(27)17-20)24(31)15-10-16-30(36(6,33)34)22-13-7-8-14-23(22)35-5/h7-9,11-14,17,19H,10,15-16,18H2,1-6H3,(H,28,32)/t19-/m1/s1. The van der Waals surface area contributed by atoms with Crippen LogP contribution in [0.5, 0.6) is 5.75 Å².